The van der Waals surface area contributed by atoms with Gasteiger partial charge in [0.25, 0.3) is 0 Å². The Morgan fingerprint density at radius 2 is 2.19 bits per heavy atom. The molecule has 1 fully saturated rings. The number of hydrogen-bond donors (Lipinski definition) is 1. The van der Waals surface area contributed by atoms with Gasteiger partial charge in [0.1, 0.15) is 0 Å². The molecule has 0 atom stereocenters. The second-order valence-corrected chi connectivity index (χ2v) is 4.64. The van der Waals surface area contributed by atoms with Gasteiger partial charge in [0.15, 0.2) is 0 Å². The second-order valence-electron chi connectivity index (χ2n) is 4.64. The number of rotatable bonds is 1. The molecule has 0 unspecified atom stereocenters. The zero-order chi connectivity index (χ0) is 11.0. The molecule has 1 saturated heterocycles. The van der Waals surface area contributed by atoms with E-state index in [-0.39, 0.29) is 0 Å². The summed E-state index contributed by atoms with van der Waals surface area (Å²) in [4.78, 5) is 0. The predicted octanol–water partition coefficient (Wildman–Crippen LogP) is 2.11. The van der Waals surface area contributed by atoms with Crippen molar-refractivity contribution in [3.63, 3.8) is 0 Å². The molecule has 0 radical (unpaired) electrons. The first-order valence-corrected chi connectivity index (χ1v) is 5.99. The number of nitrogens with zero attached hydrogens (tertiary/aromatic N) is 2. The van der Waals surface area contributed by atoms with E-state index < -0.39 is 0 Å². The summed E-state index contributed by atoms with van der Waals surface area (Å²) < 4.78 is 1.96. The van der Waals surface area contributed by atoms with Crippen LogP contribution in [0.2, 0.25) is 0 Å². The molecule has 1 N–H and O–H groups in total. The van der Waals surface area contributed by atoms with Crippen molar-refractivity contribution in [3.05, 3.63) is 35.7 Å². The summed E-state index contributed by atoms with van der Waals surface area (Å²) in [6, 6.07) is 4.52. The Morgan fingerprint density at radius 1 is 1.38 bits per heavy atom. The molecule has 3 heterocycles. The van der Waals surface area contributed by atoms with Gasteiger partial charge in [0.2, 0.25) is 0 Å². The highest BCUT2D eigenvalue weighted by atomic mass is 15.2. The fourth-order valence-corrected chi connectivity index (χ4v) is 2.53. The lowest BCUT2D eigenvalue weighted by Gasteiger charge is -2.23. The van der Waals surface area contributed by atoms with Crippen molar-refractivity contribution in [1.82, 2.24) is 14.9 Å². The van der Waals surface area contributed by atoms with Crippen LogP contribution in [0.4, 0.5) is 0 Å². The van der Waals surface area contributed by atoms with E-state index in [1.807, 2.05) is 10.7 Å². The minimum Gasteiger partial charge on any atom is -0.317 e. The molecule has 0 aromatic carbocycles. The number of hydrogen-bond acceptors (Lipinski definition) is 2. The molecule has 0 spiro atoms. The van der Waals surface area contributed by atoms with Crippen molar-refractivity contribution in [3.8, 4) is 0 Å². The van der Waals surface area contributed by atoms with Gasteiger partial charge in [-0.3, -0.25) is 0 Å². The number of pyridine rings is 1. The molecule has 16 heavy (non-hydrogen) atoms. The number of nitrogens with one attached hydrogen (secondary N) is 1. The van der Waals surface area contributed by atoms with Crippen LogP contribution in [0.3, 0.4) is 0 Å². The van der Waals surface area contributed by atoms with E-state index in [0.29, 0.717) is 0 Å². The second kappa shape index (κ2) is 3.91. The quantitative estimate of drug-likeness (QED) is 0.789. The molecule has 0 amide bonds. The van der Waals surface area contributed by atoms with E-state index in [4.69, 9.17) is 0 Å². The van der Waals surface area contributed by atoms with Gasteiger partial charge in [0.05, 0.1) is 11.7 Å². The molecule has 3 nitrogen and oxygen atoms in total. The Morgan fingerprint density at radius 3 is 3.00 bits per heavy atom. The van der Waals surface area contributed by atoms with E-state index >= 15 is 0 Å². The van der Waals surface area contributed by atoms with Crippen LogP contribution in [0, 0.1) is 6.92 Å². The van der Waals surface area contributed by atoms with E-state index in [1.54, 1.807) is 0 Å². The molecule has 0 saturated carbocycles. The van der Waals surface area contributed by atoms with Crippen molar-refractivity contribution in [2.24, 2.45) is 0 Å². The molecule has 1 aliphatic rings. The highest BCUT2D eigenvalue weighted by Crippen LogP contribution is 2.26. The minimum atomic E-state index is 0.723. The molecule has 3 rings (SSSR count). The van der Waals surface area contributed by atoms with E-state index in [1.165, 1.54) is 29.5 Å². The molecule has 0 bridgehead atoms. The summed E-state index contributed by atoms with van der Waals surface area (Å²) in [5.41, 5.74) is 3.98. The fourth-order valence-electron chi connectivity index (χ4n) is 2.53. The molecule has 84 valence electrons. The highest BCUT2D eigenvalue weighted by Gasteiger charge is 2.15. The molecule has 1 aliphatic heterocycles. The minimum absolute atomic E-state index is 0.723. The SMILES string of the molecule is Cc1cnn2ccc(C3CCNCC3)cc12. The lowest BCUT2D eigenvalue weighted by molar-refractivity contribution is 0.460. The van der Waals surface area contributed by atoms with Crippen LogP contribution in [0.1, 0.15) is 29.9 Å². The predicted molar refractivity (Wildman–Crippen MR) is 64.8 cm³/mol. The van der Waals surface area contributed by atoms with Gasteiger partial charge >= 0.3 is 0 Å². The van der Waals surface area contributed by atoms with Crippen LogP contribution >= 0.6 is 0 Å². The van der Waals surface area contributed by atoms with Crippen LogP contribution in [-0.4, -0.2) is 22.7 Å². The first-order valence-electron chi connectivity index (χ1n) is 5.99. The van der Waals surface area contributed by atoms with E-state index in [0.717, 1.165) is 19.0 Å². The maximum absolute atomic E-state index is 4.31. The van der Waals surface area contributed by atoms with Crippen LogP contribution in [0.5, 0.6) is 0 Å². The molecule has 2 aromatic rings. The highest BCUT2D eigenvalue weighted by molar-refractivity contribution is 5.55. The third-order valence-electron chi connectivity index (χ3n) is 3.55. The maximum Gasteiger partial charge on any atom is 0.0693 e. The fraction of sp³-hybridized carbons (Fsp3) is 0.462. The van der Waals surface area contributed by atoms with E-state index in [9.17, 15) is 0 Å². The lowest BCUT2D eigenvalue weighted by atomic mass is 9.90. The Bertz CT molecular complexity index is 495. The Hall–Kier alpha value is -1.35. The van der Waals surface area contributed by atoms with Gasteiger partial charge < -0.3 is 5.32 Å². The molecular weight excluding hydrogens is 198 g/mol. The van der Waals surface area contributed by atoms with Gasteiger partial charge in [-0.1, -0.05) is 0 Å². The monoisotopic (exact) mass is 215 g/mol. The summed E-state index contributed by atoms with van der Waals surface area (Å²) in [6.07, 6.45) is 6.52. The number of aromatic nitrogens is 2. The standard InChI is InChI=1S/C13H17N3/c1-10-9-15-16-7-4-12(8-13(10)16)11-2-5-14-6-3-11/h4,7-9,11,14H,2-3,5-6H2,1H3. The van der Waals surface area contributed by atoms with Crippen molar-refractivity contribution in [1.29, 1.82) is 0 Å². The molecule has 2 aromatic heterocycles. The number of aryl methyl sites for hydroxylation is 1. The first kappa shape index (κ1) is 9.85. The Kier molecular flexibility index (Phi) is 2.40. The van der Waals surface area contributed by atoms with Crippen molar-refractivity contribution < 1.29 is 0 Å². The summed E-state index contributed by atoms with van der Waals surface area (Å²) >= 11 is 0. The average Bonchev–Trinajstić information content (AvgIpc) is 2.72. The smallest absolute Gasteiger partial charge is 0.0693 e. The maximum atomic E-state index is 4.31. The molecule has 0 aliphatic carbocycles. The van der Waals surface area contributed by atoms with E-state index in [2.05, 4.69) is 35.7 Å². The average molecular weight is 215 g/mol. The third kappa shape index (κ3) is 1.61. The zero-order valence-electron chi connectivity index (χ0n) is 9.61. The number of piperidine rings is 1. The van der Waals surface area contributed by atoms with Crippen molar-refractivity contribution >= 4 is 5.52 Å². The van der Waals surface area contributed by atoms with Crippen molar-refractivity contribution in [2.45, 2.75) is 25.7 Å². The largest absolute Gasteiger partial charge is 0.317 e. The first-order chi connectivity index (χ1) is 7.84. The van der Waals surface area contributed by atoms with Gasteiger partial charge in [-0.15, -0.1) is 0 Å². The Balaban J connectivity index is 1.99. The zero-order valence-corrected chi connectivity index (χ0v) is 9.61. The molecule has 3 heteroatoms. The topological polar surface area (TPSA) is 29.3 Å². The lowest BCUT2D eigenvalue weighted by Crippen LogP contribution is -2.26. The summed E-state index contributed by atoms with van der Waals surface area (Å²) in [6.45, 7) is 4.41. The van der Waals surface area contributed by atoms with Gasteiger partial charge in [-0.2, -0.15) is 5.10 Å². The summed E-state index contributed by atoms with van der Waals surface area (Å²) in [5, 5.41) is 7.72. The van der Waals surface area contributed by atoms with Crippen molar-refractivity contribution in [2.75, 3.05) is 13.1 Å². The van der Waals surface area contributed by atoms with Gasteiger partial charge in [-0.25, -0.2) is 4.52 Å². The van der Waals surface area contributed by atoms with Crippen LogP contribution in [0.25, 0.3) is 5.52 Å². The number of fused-ring (bicyclic) bond motifs is 1. The van der Waals surface area contributed by atoms with Crippen LogP contribution < -0.4 is 5.32 Å². The van der Waals surface area contributed by atoms with Crippen LogP contribution in [-0.2, 0) is 0 Å². The van der Waals surface area contributed by atoms with Gasteiger partial charge in [-0.05, 0) is 62.0 Å². The van der Waals surface area contributed by atoms with Gasteiger partial charge in [0, 0.05) is 6.20 Å². The normalized spacial score (nSPS) is 18.1. The summed E-state index contributed by atoms with van der Waals surface area (Å²) in [5.74, 6) is 0.723. The third-order valence-corrected chi connectivity index (χ3v) is 3.55. The van der Waals surface area contributed by atoms with Crippen LogP contribution in [0.15, 0.2) is 24.5 Å². The molecular formula is C13H17N3. The Labute approximate surface area is 95.5 Å². The summed E-state index contributed by atoms with van der Waals surface area (Å²) in [7, 11) is 0.